The molecule has 0 saturated heterocycles. The van der Waals surface area contributed by atoms with E-state index in [1.54, 1.807) is 29.6 Å². The van der Waals surface area contributed by atoms with Gasteiger partial charge in [0.05, 0.1) is 16.0 Å². The van der Waals surface area contributed by atoms with Crippen LogP contribution in [0.2, 0.25) is 5.02 Å². The first-order valence-corrected chi connectivity index (χ1v) is 9.85. The number of hydrogen-bond acceptors (Lipinski definition) is 5. The van der Waals surface area contributed by atoms with Crippen molar-refractivity contribution < 1.29 is 19.2 Å². The zero-order chi connectivity index (χ0) is 20.5. The van der Waals surface area contributed by atoms with Gasteiger partial charge in [-0.15, -0.1) is 11.3 Å². The summed E-state index contributed by atoms with van der Waals surface area (Å²) in [6, 6.07) is 15.6. The zero-order valence-corrected chi connectivity index (χ0v) is 16.4. The monoisotopic (exact) mass is 424 g/mol. The number of nitrogens with zero attached hydrogens (tertiary/aromatic N) is 2. The molecule has 3 aromatic rings. The number of thiophene rings is 1. The van der Waals surface area contributed by atoms with Crippen LogP contribution in [0.15, 0.2) is 66.0 Å². The van der Waals surface area contributed by atoms with Crippen LogP contribution in [-0.4, -0.2) is 40.1 Å². The molecule has 2 aromatic carbocycles. The lowest BCUT2D eigenvalue weighted by Gasteiger charge is -2.29. The molecule has 0 radical (unpaired) electrons. The van der Waals surface area contributed by atoms with Gasteiger partial charge in [0.15, 0.2) is 5.78 Å². The van der Waals surface area contributed by atoms with Gasteiger partial charge in [0.2, 0.25) is 0 Å². The first-order valence-electron chi connectivity index (χ1n) is 8.59. The lowest BCUT2D eigenvalue weighted by Crippen LogP contribution is -2.51. The summed E-state index contributed by atoms with van der Waals surface area (Å²) in [5, 5.41) is 3.81. The molecule has 0 spiro atoms. The molecule has 0 atom stereocenters. The normalized spacial score (nSPS) is 12.8. The second-order valence-corrected chi connectivity index (χ2v) is 7.62. The first-order chi connectivity index (χ1) is 14.0. The second-order valence-electron chi connectivity index (χ2n) is 6.24. The third-order valence-electron chi connectivity index (χ3n) is 4.43. The molecular weight excluding hydrogens is 412 g/mol. The number of ketones is 1. The van der Waals surface area contributed by atoms with Gasteiger partial charge in [0.1, 0.15) is 6.54 Å². The Morgan fingerprint density at radius 3 is 2.07 bits per heavy atom. The molecule has 1 aliphatic heterocycles. The molecule has 144 valence electrons. The van der Waals surface area contributed by atoms with E-state index >= 15 is 0 Å². The number of hydrogen-bond donors (Lipinski definition) is 0. The SMILES string of the molecule is O=C(CN(C(=O)c1ccc(Cl)cc1)N1C(=O)c2ccccc2C1=O)c1cccs1. The predicted octanol–water partition coefficient (Wildman–Crippen LogP) is 3.94. The largest absolute Gasteiger partial charge is 0.291 e. The van der Waals surface area contributed by atoms with Gasteiger partial charge in [-0.05, 0) is 47.8 Å². The van der Waals surface area contributed by atoms with E-state index in [0.717, 1.165) is 10.0 Å². The highest BCUT2D eigenvalue weighted by Gasteiger charge is 2.42. The van der Waals surface area contributed by atoms with E-state index < -0.39 is 24.3 Å². The molecule has 1 aliphatic rings. The average molecular weight is 425 g/mol. The molecule has 3 amide bonds. The fourth-order valence-corrected chi connectivity index (χ4v) is 3.80. The van der Waals surface area contributed by atoms with Crippen LogP contribution in [0.3, 0.4) is 0 Å². The zero-order valence-electron chi connectivity index (χ0n) is 14.9. The molecule has 6 nitrogen and oxygen atoms in total. The molecule has 0 unspecified atom stereocenters. The van der Waals surface area contributed by atoms with E-state index in [9.17, 15) is 19.2 Å². The summed E-state index contributed by atoms with van der Waals surface area (Å²) in [6.07, 6.45) is 0. The molecule has 0 N–H and O–H groups in total. The lowest BCUT2D eigenvalue weighted by molar-refractivity contribution is 0.00536. The summed E-state index contributed by atoms with van der Waals surface area (Å²) in [5.41, 5.74) is 0.579. The summed E-state index contributed by atoms with van der Waals surface area (Å²) in [5.74, 6) is -2.32. The van der Waals surface area contributed by atoms with Crippen LogP contribution >= 0.6 is 22.9 Å². The van der Waals surface area contributed by atoms with Gasteiger partial charge >= 0.3 is 0 Å². The topological polar surface area (TPSA) is 74.8 Å². The standard InChI is InChI=1S/C21H13ClN2O4S/c22-14-9-7-13(8-10-14)19(26)23(12-17(25)18-6-3-11-29-18)24-20(27)15-4-1-2-5-16(15)21(24)28/h1-11H,12H2. The summed E-state index contributed by atoms with van der Waals surface area (Å²) < 4.78 is 0. The van der Waals surface area contributed by atoms with Crippen molar-refractivity contribution in [3.8, 4) is 0 Å². The average Bonchev–Trinajstić information content (AvgIpc) is 3.35. The van der Waals surface area contributed by atoms with E-state index in [2.05, 4.69) is 0 Å². The van der Waals surface area contributed by atoms with Crippen molar-refractivity contribution in [2.24, 2.45) is 0 Å². The van der Waals surface area contributed by atoms with Gasteiger partial charge in [-0.2, -0.15) is 5.01 Å². The second kappa shape index (κ2) is 7.62. The van der Waals surface area contributed by atoms with Gasteiger partial charge in [-0.1, -0.05) is 29.8 Å². The van der Waals surface area contributed by atoms with E-state index in [4.69, 9.17) is 11.6 Å². The van der Waals surface area contributed by atoms with Crippen molar-refractivity contribution in [2.45, 2.75) is 0 Å². The lowest BCUT2D eigenvalue weighted by atomic mass is 10.1. The van der Waals surface area contributed by atoms with Crippen LogP contribution < -0.4 is 0 Å². The Morgan fingerprint density at radius 1 is 0.897 bits per heavy atom. The molecule has 8 heteroatoms. The van der Waals surface area contributed by atoms with Gasteiger partial charge in [-0.25, -0.2) is 5.01 Å². The third-order valence-corrected chi connectivity index (χ3v) is 5.59. The Morgan fingerprint density at radius 2 is 1.52 bits per heavy atom. The third kappa shape index (κ3) is 3.46. The van der Waals surface area contributed by atoms with Crippen LogP contribution in [0.25, 0.3) is 0 Å². The number of fused-ring (bicyclic) bond motifs is 1. The molecule has 0 aliphatic carbocycles. The maximum atomic E-state index is 13.2. The van der Waals surface area contributed by atoms with Crippen molar-refractivity contribution in [1.29, 1.82) is 0 Å². The molecule has 0 bridgehead atoms. The minimum atomic E-state index is -0.652. The van der Waals surface area contributed by atoms with E-state index in [-0.39, 0.29) is 22.5 Å². The molecule has 2 heterocycles. The van der Waals surface area contributed by atoms with E-state index in [1.165, 1.54) is 47.7 Å². The highest BCUT2D eigenvalue weighted by atomic mass is 35.5. The Hall–Kier alpha value is -3.29. The van der Waals surface area contributed by atoms with E-state index in [0.29, 0.717) is 9.90 Å². The van der Waals surface area contributed by atoms with Crippen LogP contribution in [-0.2, 0) is 0 Å². The number of Topliss-reactive ketones (excluding diaryl/α,β-unsaturated/α-hetero) is 1. The van der Waals surface area contributed by atoms with Crippen molar-refractivity contribution >= 4 is 46.4 Å². The van der Waals surface area contributed by atoms with E-state index in [1.807, 2.05) is 0 Å². The summed E-state index contributed by atoms with van der Waals surface area (Å²) in [7, 11) is 0. The molecule has 0 fully saturated rings. The maximum Gasteiger partial charge on any atom is 0.280 e. The van der Waals surface area contributed by atoms with Gasteiger partial charge < -0.3 is 0 Å². The quantitative estimate of drug-likeness (QED) is 0.459. The minimum Gasteiger partial charge on any atom is -0.291 e. The molecule has 4 rings (SSSR count). The minimum absolute atomic E-state index is 0.190. The van der Waals surface area contributed by atoms with Crippen molar-refractivity contribution in [1.82, 2.24) is 10.0 Å². The van der Waals surface area contributed by atoms with Crippen molar-refractivity contribution in [2.75, 3.05) is 6.54 Å². The molecule has 0 saturated carbocycles. The van der Waals surface area contributed by atoms with Gasteiger partial charge in [0, 0.05) is 10.6 Å². The number of halogens is 1. The highest BCUT2D eigenvalue weighted by Crippen LogP contribution is 2.26. The highest BCUT2D eigenvalue weighted by molar-refractivity contribution is 7.12. The number of carbonyl (C=O) groups excluding carboxylic acids is 4. The number of carbonyl (C=O) groups is 4. The molecular formula is C21H13ClN2O4S. The molecule has 29 heavy (non-hydrogen) atoms. The predicted molar refractivity (Wildman–Crippen MR) is 108 cm³/mol. The van der Waals surface area contributed by atoms with Gasteiger partial charge in [0.25, 0.3) is 17.7 Å². The maximum absolute atomic E-state index is 13.2. The van der Waals surface area contributed by atoms with Crippen molar-refractivity contribution in [3.05, 3.63) is 92.6 Å². The Bertz CT molecular complexity index is 1090. The number of rotatable bonds is 5. The summed E-state index contributed by atoms with van der Waals surface area (Å²) in [4.78, 5) is 52.1. The fraction of sp³-hybridized carbons (Fsp3) is 0.0476. The smallest absolute Gasteiger partial charge is 0.280 e. The first kappa shape index (κ1) is 19.0. The number of imide groups is 1. The summed E-state index contributed by atoms with van der Waals surface area (Å²) >= 11 is 7.11. The van der Waals surface area contributed by atoms with Crippen LogP contribution in [0, 0.1) is 0 Å². The van der Waals surface area contributed by atoms with Crippen LogP contribution in [0.5, 0.6) is 0 Å². The Kier molecular flexibility index (Phi) is 5.00. The Balaban J connectivity index is 1.73. The molecule has 1 aromatic heterocycles. The summed E-state index contributed by atoms with van der Waals surface area (Å²) in [6.45, 7) is -0.451. The Labute approximate surface area is 174 Å². The van der Waals surface area contributed by atoms with Crippen LogP contribution in [0.1, 0.15) is 40.7 Å². The van der Waals surface area contributed by atoms with Gasteiger partial charge in [-0.3, -0.25) is 19.2 Å². The number of benzene rings is 2. The van der Waals surface area contributed by atoms with Crippen molar-refractivity contribution in [3.63, 3.8) is 0 Å². The van der Waals surface area contributed by atoms with Crippen LogP contribution in [0.4, 0.5) is 0 Å². The number of hydrazine groups is 1. The fourth-order valence-electron chi connectivity index (χ4n) is 3.02. The number of amides is 3.